The molecule has 0 radical (unpaired) electrons. The molecule has 3 N–H and O–H groups in total. The molecule has 1 aromatic carbocycles. The Bertz CT molecular complexity index is 381. The van der Waals surface area contributed by atoms with Gasteiger partial charge in [-0.3, -0.25) is 11.3 Å². The van der Waals surface area contributed by atoms with Gasteiger partial charge < -0.3 is 4.74 Å². The van der Waals surface area contributed by atoms with E-state index in [-0.39, 0.29) is 6.04 Å². The highest BCUT2D eigenvalue weighted by molar-refractivity contribution is 6.42. The summed E-state index contributed by atoms with van der Waals surface area (Å²) in [5.74, 6) is 6.02. The smallest absolute Gasteiger partial charge is 0.0595 e. The van der Waals surface area contributed by atoms with Gasteiger partial charge in [0.15, 0.2) is 0 Å². The van der Waals surface area contributed by atoms with Crippen molar-refractivity contribution in [2.24, 2.45) is 11.8 Å². The second-order valence-corrected chi connectivity index (χ2v) is 5.11. The topological polar surface area (TPSA) is 47.3 Å². The number of ether oxygens (including phenoxy) is 1. The molecule has 0 amide bonds. The number of halogens is 2. The third kappa shape index (κ3) is 3.12. The van der Waals surface area contributed by atoms with Crippen molar-refractivity contribution in [1.82, 2.24) is 5.43 Å². The lowest BCUT2D eigenvalue weighted by atomic mass is 9.89. The van der Waals surface area contributed by atoms with Crippen molar-refractivity contribution in [2.45, 2.75) is 18.9 Å². The molecule has 0 saturated carbocycles. The van der Waals surface area contributed by atoms with Crippen LogP contribution >= 0.6 is 23.2 Å². The van der Waals surface area contributed by atoms with Crippen LogP contribution in [0.4, 0.5) is 0 Å². The zero-order valence-corrected chi connectivity index (χ0v) is 11.0. The largest absolute Gasteiger partial charge is 0.381 e. The minimum absolute atomic E-state index is 0.0602. The minimum atomic E-state index is 0.0602. The molecule has 0 spiro atoms. The highest BCUT2D eigenvalue weighted by atomic mass is 35.5. The van der Waals surface area contributed by atoms with Crippen molar-refractivity contribution in [3.05, 3.63) is 33.8 Å². The molecule has 1 aliphatic rings. The first kappa shape index (κ1) is 13.1. The summed E-state index contributed by atoms with van der Waals surface area (Å²) in [4.78, 5) is 0. The van der Waals surface area contributed by atoms with Crippen molar-refractivity contribution in [3.63, 3.8) is 0 Å². The third-order valence-corrected chi connectivity index (χ3v) is 3.89. The Morgan fingerprint density at radius 3 is 2.76 bits per heavy atom. The van der Waals surface area contributed by atoms with Gasteiger partial charge >= 0.3 is 0 Å². The molecule has 1 fully saturated rings. The molecule has 1 aliphatic heterocycles. The summed E-state index contributed by atoms with van der Waals surface area (Å²) in [5.41, 5.74) is 3.91. The van der Waals surface area contributed by atoms with Gasteiger partial charge in [0.05, 0.1) is 22.7 Å². The van der Waals surface area contributed by atoms with Gasteiger partial charge in [0.2, 0.25) is 0 Å². The molecule has 0 bridgehead atoms. The van der Waals surface area contributed by atoms with Gasteiger partial charge in [-0.15, -0.1) is 0 Å². The molecule has 0 aliphatic carbocycles. The van der Waals surface area contributed by atoms with Crippen molar-refractivity contribution < 1.29 is 4.74 Å². The van der Waals surface area contributed by atoms with E-state index in [1.165, 1.54) is 0 Å². The number of hydrogen-bond donors (Lipinski definition) is 2. The van der Waals surface area contributed by atoms with E-state index < -0.39 is 0 Å². The maximum Gasteiger partial charge on any atom is 0.0595 e. The third-order valence-electron chi connectivity index (χ3n) is 3.15. The van der Waals surface area contributed by atoms with Gasteiger partial charge in [-0.2, -0.15) is 0 Å². The predicted molar refractivity (Wildman–Crippen MR) is 70.1 cm³/mol. The van der Waals surface area contributed by atoms with E-state index in [0.717, 1.165) is 31.6 Å². The highest BCUT2D eigenvalue weighted by Crippen LogP contribution is 2.31. The van der Waals surface area contributed by atoms with Gasteiger partial charge in [-0.05, 0) is 30.5 Å². The molecule has 1 heterocycles. The second-order valence-electron chi connectivity index (χ2n) is 4.30. The van der Waals surface area contributed by atoms with Crippen LogP contribution in [0.5, 0.6) is 0 Å². The van der Waals surface area contributed by atoms with E-state index in [0.29, 0.717) is 16.0 Å². The Labute approximate surface area is 111 Å². The van der Waals surface area contributed by atoms with E-state index in [1.807, 2.05) is 12.1 Å². The number of nitrogens with one attached hydrogen (secondary N) is 1. The van der Waals surface area contributed by atoms with Gasteiger partial charge in [0, 0.05) is 12.5 Å². The predicted octanol–water partition coefficient (Wildman–Crippen LogP) is 2.92. The van der Waals surface area contributed by atoms with E-state index >= 15 is 0 Å². The summed E-state index contributed by atoms with van der Waals surface area (Å²) in [6.07, 6.45) is 2.18. The fraction of sp³-hybridized carbons (Fsp3) is 0.500. The standard InChI is InChI=1S/C12H16Cl2N2O/c13-10-4-3-8(6-11(10)14)12(16-15)9-2-1-5-17-7-9/h3-4,6,9,12,16H,1-2,5,7,15H2. The lowest BCUT2D eigenvalue weighted by Crippen LogP contribution is -2.37. The summed E-state index contributed by atoms with van der Waals surface area (Å²) >= 11 is 11.9. The lowest BCUT2D eigenvalue weighted by molar-refractivity contribution is 0.0390. The van der Waals surface area contributed by atoms with E-state index in [2.05, 4.69) is 5.43 Å². The molecule has 2 rings (SSSR count). The number of rotatable bonds is 3. The summed E-state index contributed by atoms with van der Waals surface area (Å²) in [5, 5.41) is 1.12. The van der Waals surface area contributed by atoms with Crippen molar-refractivity contribution >= 4 is 23.2 Å². The number of hydrogen-bond acceptors (Lipinski definition) is 3. The lowest BCUT2D eigenvalue weighted by Gasteiger charge is -2.30. The molecule has 2 atom stereocenters. The summed E-state index contributed by atoms with van der Waals surface area (Å²) in [7, 11) is 0. The zero-order chi connectivity index (χ0) is 12.3. The normalized spacial score (nSPS) is 22.4. The van der Waals surface area contributed by atoms with Gasteiger partial charge in [-0.25, -0.2) is 0 Å². The average molecular weight is 275 g/mol. The van der Waals surface area contributed by atoms with E-state index in [9.17, 15) is 0 Å². The summed E-state index contributed by atoms with van der Waals surface area (Å²) in [6, 6.07) is 5.67. The molecule has 3 nitrogen and oxygen atoms in total. The fourth-order valence-corrected chi connectivity index (χ4v) is 2.55. The molecule has 0 aromatic heterocycles. The van der Waals surface area contributed by atoms with Crippen LogP contribution in [0, 0.1) is 5.92 Å². The Hall–Kier alpha value is -0.320. The van der Waals surface area contributed by atoms with Crippen LogP contribution in [-0.4, -0.2) is 13.2 Å². The van der Waals surface area contributed by atoms with Crippen molar-refractivity contribution in [2.75, 3.05) is 13.2 Å². The highest BCUT2D eigenvalue weighted by Gasteiger charge is 2.25. The van der Waals surface area contributed by atoms with Gasteiger partial charge in [0.1, 0.15) is 0 Å². The number of hydrazine groups is 1. The van der Waals surface area contributed by atoms with E-state index in [1.54, 1.807) is 6.07 Å². The number of benzene rings is 1. The fourth-order valence-electron chi connectivity index (χ4n) is 2.24. The molecular formula is C12H16Cl2N2O. The first-order valence-electron chi connectivity index (χ1n) is 5.71. The SMILES string of the molecule is NNC(c1ccc(Cl)c(Cl)c1)C1CCCOC1. The first-order valence-corrected chi connectivity index (χ1v) is 6.47. The monoisotopic (exact) mass is 274 g/mol. The summed E-state index contributed by atoms with van der Waals surface area (Å²) in [6.45, 7) is 1.57. The zero-order valence-electron chi connectivity index (χ0n) is 9.46. The minimum Gasteiger partial charge on any atom is -0.381 e. The average Bonchev–Trinajstić information content (AvgIpc) is 2.36. The quantitative estimate of drug-likeness (QED) is 0.658. The molecule has 1 aromatic rings. The Morgan fingerprint density at radius 1 is 1.35 bits per heavy atom. The molecule has 17 heavy (non-hydrogen) atoms. The Morgan fingerprint density at radius 2 is 2.18 bits per heavy atom. The molecule has 1 saturated heterocycles. The van der Waals surface area contributed by atoms with Gasteiger partial charge in [-0.1, -0.05) is 29.3 Å². The number of nitrogens with two attached hydrogens (primary N) is 1. The van der Waals surface area contributed by atoms with Crippen LogP contribution in [0.25, 0.3) is 0 Å². The molecule has 94 valence electrons. The molecule has 5 heteroatoms. The Balaban J connectivity index is 2.18. The molecule has 2 unspecified atom stereocenters. The van der Waals surface area contributed by atoms with Crippen molar-refractivity contribution in [1.29, 1.82) is 0 Å². The van der Waals surface area contributed by atoms with Crippen LogP contribution in [0.2, 0.25) is 10.0 Å². The van der Waals surface area contributed by atoms with Gasteiger partial charge in [0.25, 0.3) is 0 Å². The Kier molecular flexibility index (Phi) is 4.65. The maximum absolute atomic E-state index is 6.02. The maximum atomic E-state index is 6.02. The van der Waals surface area contributed by atoms with Crippen LogP contribution in [0.3, 0.4) is 0 Å². The van der Waals surface area contributed by atoms with Crippen LogP contribution in [-0.2, 0) is 4.74 Å². The molecular weight excluding hydrogens is 259 g/mol. The van der Waals surface area contributed by atoms with Crippen molar-refractivity contribution in [3.8, 4) is 0 Å². The summed E-state index contributed by atoms with van der Waals surface area (Å²) < 4.78 is 5.49. The first-order chi connectivity index (χ1) is 8.22. The van der Waals surface area contributed by atoms with Crippen LogP contribution in [0.15, 0.2) is 18.2 Å². The second kappa shape index (κ2) is 6.03. The van der Waals surface area contributed by atoms with Crippen LogP contribution in [0.1, 0.15) is 24.4 Å². The van der Waals surface area contributed by atoms with Crippen LogP contribution < -0.4 is 11.3 Å². The van der Waals surface area contributed by atoms with E-state index in [4.69, 9.17) is 33.8 Å².